The van der Waals surface area contributed by atoms with E-state index in [1.54, 1.807) is 0 Å². The Morgan fingerprint density at radius 2 is 1.71 bits per heavy atom. The largest absolute Gasteiger partial charge is 0.207 e. The zero-order valence-corrected chi connectivity index (χ0v) is 21.4. The molecule has 2 aliphatic rings. The minimum atomic E-state index is -0.273. The molecule has 0 heterocycles. The molecule has 2 saturated carbocycles. The third-order valence-electron chi connectivity index (χ3n) is 8.84. The molecule has 4 unspecified atom stereocenters. The molecule has 0 spiro atoms. The molecular formula is C32H44F2. The molecule has 0 aliphatic heterocycles. The molecule has 0 amide bonds. The number of unbranched alkanes of at least 4 members (excludes halogenated alkanes) is 4. The number of fused-ring (bicyclic) bond motifs is 2. The van der Waals surface area contributed by atoms with Crippen molar-refractivity contribution in [3.63, 3.8) is 0 Å². The Morgan fingerprint density at radius 3 is 2.53 bits per heavy atom. The zero-order chi connectivity index (χ0) is 23.9. The van der Waals surface area contributed by atoms with Crippen LogP contribution in [0.5, 0.6) is 0 Å². The molecule has 2 heteroatoms. The Kier molecular flexibility index (Phi) is 9.20. The summed E-state index contributed by atoms with van der Waals surface area (Å²) in [6.45, 7) is 4.26. The predicted molar refractivity (Wildman–Crippen MR) is 141 cm³/mol. The maximum atomic E-state index is 15.6. The molecular weight excluding hydrogens is 422 g/mol. The first-order valence-corrected chi connectivity index (χ1v) is 14.1. The number of halogens is 2. The molecule has 0 N–H and O–H groups in total. The molecule has 2 fully saturated rings. The van der Waals surface area contributed by atoms with Crippen LogP contribution >= 0.6 is 0 Å². The van der Waals surface area contributed by atoms with Gasteiger partial charge in [0, 0.05) is 5.39 Å². The molecule has 4 atom stereocenters. The van der Waals surface area contributed by atoms with Crippen LogP contribution in [0, 0.1) is 29.4 Å². The van der Waals surface area contributed by atoms with Gasteiger partial charge in [-0.05, 0) is 104 Å². The van der Waals surface area contributed by atoms with E-state index in [1.807, 2.05) is 37.3 Å². The van der Waals surface area contributed by atoms with E-state index in [1.165, 1.54) is 70.3 Å². The van der Waals surface area contributed by atoms with Gasteiger partial charge in [-0.15, -0.1) is 0 Å². The van der Waals surface area contributed by atoms with Crippen LogP contribution in [0.2, 0.25) is 0 Å². The summed E-state index contributed by atoms with van der Waals surface area (Å²) in [5, 5.41) is 1.28. The van der Waals surface area contributed by atoms with Crippen molar-refractivity contribution in [1.82, 2.24) is 0 Å². The normalized spacial score (nSPS) is 25.2. The van der Waals surface area contributed by atoms with Gasteiger partial charge in [-0.25, -0.2) is 8.78 Å². The van der Waals surface area contributed by atoms with Crippen LogP contribution in [0.25, 0.3) is 10.8 Å². The highest BCUT2D eigenvalue weighted by Crippen LogP contribution is 2.49. The van der Waals surface area contributed by atoms with Crippen molar-refractivity contribution >= 4 is 10.8 Å². The first-order valence-electron chi connectivity index (χ1n) is 14.1. The fourth-order valence-corrected chi connectivity index (χ4v) is 6.85. The average Bonchev–Trinajstić information content (AvgIpc) is 2.85. The number of allylic oxidation sites excluding steroid dienone is 2. The molecule has 0 aromatic heterocycles. The summed E-state index contributed by atoms with van der Waals surface area (Å²) in [4.78, 5) is 0. The van der Waals surface area contributed by atoms with E-state index in [0.717, 1.165) is 48.0 Å². The summed E-state index contributed by atoms with van der Waals surface area (Å²) in [7, 11) is 0. The lowest BCUT2D eigenvalue weighted by Gasteiger charge is -2.42. The lowest BCUT2D eigenvalue weighted by Crippen LogP contribution is -2.30. The monoisotopic (exact) mass is 466 g/mol. The molecule has 0 nitrogen and oxygen atoms in total. The molecule has 0 saturated heterocycles. The smallest absolute Gasteiger partial charge is 0.134 e. The van der Waals surface area contributed by atoms with Crippen molar-refractivity contribution in [3.8, 4) is 0 Å². The van der Waals surface area contributed by atoms with Crippen LogP contribution in [0.3, 0.4) is 0 Å². The summed E-state index contributed by atoms with van der Waals surface area (Å²) in [5.74, 6) is 2.34. The van der Waals surface area contributed by atoms with Crippen molar-refractivity contribution in [2.45, 2.75) is 110 Å². The standard InChI is InChI=1S/C32H44F2/c1-3-5-7-8-10-11-23-13-14-25-20-26(16-15-24(25)19-23)29-18-17-27-21-28(12-9-6-4-2)31(33)22-30(27)32(29)34/h4,6,17-18,21-26H,3,5,7-16,19-20H2,1-2H3/b6-4+. The van der Waals surface area contributed by atoms with Gasteiger partial charge in [-0.1, -0.05) is 76.2 Å². The Balaban J connectivity index is 1.38. The molecule has 2 aromatic carbocycles. The molecule has 4 rings (SSSR count). The zero-order valence-electron chi connectivity index (χ0n) is 21.4. The lowest BCUT2D eigenvalue weighted by molar-refractivity contribution is 0.112. The van der Waals surface area contributed by atoms with Crippen molar-refractivity contribution in [2.24, 2.45) is 17.8 Å². The van der Waals surface area contributed by atoms with Crippen LogP contribution in [0.4, 0.5) is 8.78 Å². The van der Waals surface area contributed by atoms with E-state index in [4.69, 9.17) is 0 Å². The molecule has 2 aromatic rings. The lowest BCUT2D eigenvalue weighted by atomic mass is 9.63. The van der Waals surface area contributed by atoms with Gasteiger partial charge < -0.3 is 0 Å². The van der Waals surface area contributed by atoms with Crippen molar-refractivity contribution < 1.29 is 8.78 Å². The van der Waals surface area contributed by atoms with Crippen molar-refractivity contribution in [1.29, 1.82) is 0 Å². The second-order valence-electron chi connectivity index (χ2n) is 11.2. The van der Waals surface area contributed by atoms with Crippen molar-refractivity contribution in [2.75, 3.05) is 0 Å². The van der Waals surface area contributed by atoms with Crippen LogP contribution in [0.15, 0.2) is 36.4 Å². The molecule has 34 heavy (non-hydrogen) atoms. The topological polar surface area (TPSA) is 0 Å². The highest BCUT2D eigenvalue weighted by molar-refractivity contribution is 5.85. The second-order valence-corrected chi connectivity index (χ2v) is 11.2. The van der Waals surface area contributed by atoms with Gasteiger partial charge >= 0.3 is 0 Å². The van der Waals surface area contributed by atoms with Crippen LogP contribution in [-0.2, 0) is 6.42 Å². The second kappa shape index (κ2) is 12.3. The first-order chi connectivity index (χ1) is 16.6. The number of hydrogen-bond acceptors (Lipinski definition) is 0. The SMILES string of the molecule is C/C=C/CCc1cc2ccc(C3CCC4CC(CCCCCCC)CCC4C3)c(F)c2cc1F. The van der Waals surface area contributed by atoms with Crippen LogP contribution in [-0.4, -0.2) is 0 Å². The third kappa shape index (κ3) is 6.10. The Morgan fingerprint density at radius 1 is 0.912 bits per heavy atom. The summed E-state index contributed by atoms with van der Waals surface area (Å²) in [5.41, 5.74) is 1.51. The summed E-state index contributed by atoms with van der Waals surface area (Å²) in [6, 6.07) is 7.31. The van der Waals surface area contributed by atoms with E-state index in [0.29, 0.717) is 17.4 Å². The van der Waals surface area contributed by atoms with Crippen molar-refractivity contribution in [3.05, 3.63) is 59.2 Å². The maximum absolute atomic E-state index is 15.6. The van der Waals surface area contributed by atoms with Gasteiger partial charge in [0.05, 0.1) is 0 Å². The summed E-state index contributed by atoms with van der Waals surface area (Å²) in [6.07, 6.45) is 21.3. The molecule has 186 valence electrons. The highest BCUT2D eigenvalue weighted by atomic mass is 19.1. The van der Waals surface area contributed by atoms with E-state index < -0.39 is 0 Å². The number of hydrogen-bond donors (Lipinski definition) is 0. The van der Waals surface area contributed by atoms with Gasteiger partial charge in [0.25, 0.3) is 0 Å². The number of rotatable bonds is 10. The fourth-order valence-electron chi connectivity index (χ4n) is 6.85. The van der Waals surface area contributed by atoms with Gasteiger partial charge in [0.15, 0.2) is 0 Å². The van der Waals surface area contributed by atoms with Gasteiger partial charge in [0.2, 0.25) is 0 Å². The van der Waals surface area contributed by atoms with E-state index in [-0.39, 0.29) is 17.6 Å². The predicted octanol–water partition coefficient (Wildman–Crippen LogP) is 10.3. The Hall–Kier alpha value is -1.70. The number of aryl methyl sites for hydroxylation is 1. The fraction of sp³-hybridized carbons (Fsp3) is 0.625. The summed E-state index contributed by atoms with van der Waals surface area (Å²) < 4.78 is 30.3. The maximum Gasteiger partial charge on any atom is 0.134 e. The van der Waals surface area contributed by atoms with E-state index in [2.05, 4.69) is 6.92 Å². The Bertz CT molecular complexity index is 959. The Labute approximate surface area is 206 Å². The minimum Gasteiger partial charge on any atom is -0.207 e. The molecule has 0 bridgehead atoms. The third-order valence-corrected chi connectivity index (χ3v) is 8.84. The van der Waals surface area contributed by atoms with Gasteiger partial charge in [-0.2, -0.15) is 0 Å². The molecule has 2 aliphatic carbocycles. The quantitative estimate of drug-likeness (QED) is 0.241. The van der Waals surface area contributed by atoms with Crippen LogP contribution in [0.1, 0.15) is 114 Å². The van der Waals surface area contributed by atoms with E-state index in [9.17, 15) is 4.39 Å². The highest BCUT2D eigenvalue weighted by Gasteiger charge is 2.36. The molecule has 0 radical (unpaired) electrons. The minimum absolute atomic E-state index is 0.180. The van der Waals surface area contributed by atoms with Gasteiger partial charge in [0.1, 0.15) is 11.6 Å². The van der Waals surface area contributed by atoms with Gasteiger partial charge in [-0.3, -0.25) is 0 Å². The number of benzene rings is 2. The van der Waals surface area contributed by atoms with E-state index >= 15 is 4.39 Å². The summed E-state index contributed by atoms with van der Waals surface area (Å²) >= 11 is 0. The van der Waals surface area contributed by atoms with Crippen LogP contribution < -0.4 is 0 Å². The average molecular weight is 467 g/mol. The first kappa shape index (κ1) is 25.4.